The van der Waals surface area contributed by atoms with Crippen molar-refractivity contribution in [2.24, 2.45) is 0 Å². The summed E-state index contributed by atoms with van der Waals surface area (Å²) in [5, 5.41) is 3.42. The molecule has 0 radical (unpaired) electrons. The van der Waals surface area contributed by atoms with Crippen LogP contribution in [0.25, 0.3) is 33.6 Å². The predicted molar refractivity (Wildman–Crippen MR) is 118 cm³/mol. The number of rotatable bonds is 5. The highest BCUT2D eigenvalue weighted by atomic mass is 16.2. The summed E-state index contributed by atoms with van der Waals surface area (Å²) in [5.41, 5.74) is 5.77. The van der Waals surface area contributed by atoms with E-state index < -0.39 is 11.2 Å². The van der Waals surface area contributed by atoms with E-state index in [2.05, 4.69) is 36.3 Å². The van der Waals surface area contributed by atoms with Gasteiger partial charge in [0.2, 0.25) is 0 Å². The zero-order valence-corrected chi connectivity index (χ0v) is 17.2. The molecule has 0 unspecified atom stereocenters. The van der Waals surface area contributed by atoms with E-state index in [1.54, 1.807) is 6.33 Å². The standard InChI is InChI=1S/C22H21N7O2/c1-12-7-17-18(8-13(12)2)29(20-19(26-17)21(30)28-22(31)27-20)6-5-23-10-14-3-4-15-16(9-14)25-11-24-15/h3-4,7-9,11,23H,5-6,10H2,1-2H3,(H,24,25)(H,28,30,31). The van der Waals surface area contributed by atoms with Crippen LogP contribution in [0.5, 0.6) is 0 Å². The third kappa shape index (κ3) is 3.49. The van der Waals surface area contributed by atoms with Crippen LogP contribution in [0.3, 0.4) is 0 Å². The number of H-pyrrole nitrogens is 2. The van der Waals surface area contributed by atoms with Crippen molar-refractivity contribution in [3.63, 3.8) is 0 Å². The Labute approximate surface area is 176 Å². The van der Waals surface area contributed by atoms with Gasteiger partial charge in [0.15, 0.2) is 11.5 Å². The van der Waals surface area contributed by atoms with Crippen molar-refractivity contribution in [2.75, 3.05) is 6.54 Å². The summed E-state index contributed by atoms with van der Waals surface area (Å²) in [6.45, 7) is 5.86. The molecule has 156 valence electrons. The van der Waals surface area contributed by atoms with Crippen LogP contribution < -0.4 is 16.6 Å². The number of aromatic amines is 2. The average Bonchev–Trinajstić information content (AvgIpc) is 3.20. The fourth-order valence-electron chi connectivity index (χ4n) is 3.79. The topological polar surface area (TPSA) is 121 Å². The predicted octanol–water partition coefficient (Wildman–Crippen LogP) is 1.87. The van der Waals surface area contributed by atoms with Gasteiger partial charge in [-0.3, -0.25) is 9.78 Å². The van der Waals surface area contributed by atoms with Gasteiger partial charge in [-0.15, -0.1) is 0 Å². The van der Waals surface area contributed by atoms with Crippen LogP contribution >= 0.6 is 0 Å². The Kier molecular flexibility index (Phi) is 4.59. The minimum absolute atomic E-state index is 0.167. The molecule has 3 N–H and O–H groups in total. The highest BCUT2D eigenvalue weighted by molar-refractivity contribution is 5.81. The molecule has 2 aromatic carbocycles. The Balaban J connectivity index is 1.47. The lowest BCUT2D eigenvalue weighted by atomic mass is 10.1. The molecule has 0 atom stereocenters. The molecule has 0 spiro atoms. The lowest BCUT2D eigenvalue weighted by Crippen LogP contribution is -2.30. The molecule has 3 heterocycles. The first-order chi connectivity index (χ1) is 15.0. The molecule has 9 heteroatoms. The number of benzene rings is 2. The van der Waals surface area contributed by atoms with E-state index >= 15 is 0 Å². The number of hydrogen-bond acceptors (Lipinski definition) is 6. The van der Waals surface area contributed by atoms with Gasteiger partial charge in [0.1, 0.15) is 0 Å². The first-order valence-corrected chi connectivity index (χ1v) is 10.0. The van der Waals surface area contributed by atoms with Crippen LogP contribution in [0, 0.1) is 13.8 Å². The van der Waals surface area contributed by atoms with Crippen LogP contribution in [0.15, 0.2) is 46.2 Å². The largest absolute Gasteiger partial charge is 0.349 e. The normalized spacial score (nSPS) is 11.7. The lowest BCUT2D eigenvalue weighted by Gasteiger charge is -2.18. The smallest absolute Gasteiger partial charge is 0.345 e. The first kappa shape index (κ1) is 19.1. The molecule has 9 nitrogen and oxygen atoms in total. The Morgan fingerprint density at radius 1 is 1.03 bits per heavy atom. The quantitative estimate of drug-likeness (QED) is 0.298. The number of aryl methyl sites for hydroxylation is 2. The van der Waals surface area contributed by atoms with Crippen LogP contribution in [-0.4, -0.2) is 36.0 Å². The van der Waals surface area contributed by atoms with Gasteiger partial charge in [0.05, 0.1) is 28.4 Å². The van der Waals surface area contributed by atoms with Crippen molar-refractivity contribution < 1.29 is 0 Å². The zero-order chi connectivity index (χ0) is 21.5. The summed E-state index contributed by atoms with van der Waals surface area (Å²) >= 11 is 0. The highest BCUT2D eigenvalue weighted by Crippen LogP contribution is 2.23. The van der Waals surface area contributed by atoms with Gasteiger partial charge < -0.3 is 14.9 Å². The third-order valence-corrected chi connectivity index (χ3v) is 5.55. The SMILES string of the molecule is Cc1cc2nc3c(=O)[nH]c(=O)nc-3n(CCNCc3ccc4nc[nH]c4c3)c2cc1C. The van der Waals surface area contributed by atoms with Gasteiger partial charge in [-0.05, 0) is 54.8 Å². The van der Waals surface area contributed by atoms with E-state index in [1.165, 1.54) is 0 Å². The number of aromatic nitrogens is 6. The number of nitrogens with zero attached hydrogens (tertiary/aromatic N) is 4. The molecule has 0 saturated heterocycles. The molecule has 0 aliphatic carbocycles. The van der Waals surface area contributed by atoms with E-state index in [1.807, 2.05) is 42.7 Å². The van der Waals surface area contributed by atoms with E-state index in [9.17, 15) is 9.59 Å². The van der Waals surface area contributed by atoms with Crippen LogP contribution in [0.2, 0.25) is 0 Å². The molecular formula is C22H21N7O2. The molecule has 0 amide bonds. The number of nitrogens with one attached hydrogen (secondary N) is 3. The van der Waals surface area contributed by atoms with E-state index in [4.69, 9.17) is 0 Å². The molecule has 1 aromatic heterocycles. The minimum Gasteiger partial charge on any atom is -0.345 e. The Bertz CT molecular complexity index is 1510. The molecule has 31 heavy (non-hydrogen) atoms. The zero-order valence-electron chi connectivity index (χ0n) is 17.2. The summed E-state index contributed by atoms with van der Waals surface area (Å²) in [6.07, 6.45) is 1.68. The van der Waals surface area contributed by atoms with Crippen molar-refractivity contribution in [2.45, 2.75) is 26.9 Å². The summed E-state index contributed by atoms with van der Waals surface area (Å²) in [4.78, 5) is 42.3. The van der Waals surface area contributed by atoms with Crippen LogP contribution in [-0.2, 0) is 13.1 Å². The second-order valence-corrected chi connectivity index (χ2v) is 7.66. The molecule has 2 aliphatic heterocycles. The van der Waals surface area contributed by atoms with Crippen molar-refractivity contribution >= 4 is 22.1 Å². The van der Waals surface area contributed by atoms with Gasteiger partial charge >= 0.3 is 5.69 Å². The number of hydrogen-bond donors (Lipinski definition) is 3. The Morgan fingerprint density at radius 2 is 1.87 bits per heavy atom. The third-order valence-electron chi connectivity index (χ3n) is 5.55. The van der Waals surface area contributed by atoms with Crippen molar-refractivity contribution in [3.8, 4) is 11.5 Å². The van der Waals surface area contributed by atoms with Gasteiger partial charge in [-0.1, -0.05) is 6.07 Å². The molecule has 2 aliphatic rings. The molecule has 5 rings (SSSR count). The van der Waals surface area contributed by atoms with Gasteiger partial charge in [-0.25, -0.2) is 14.8 Å². The second kappa shape index (κ2) is 7.44. The van der Waals surface area contributed by atoms with Crippen LogP contribution in [0.1, 0.15) is 16.7 Å². The maximum Gasteiger partial charge on any atom is 0.349 e. The fraction of sp³-hybridized carbons (Fsp3) is 0.227. The first-order valence-electron chi connectivity index (χ1n) is 10.0. The molecule has 0 fully saturated rings. The minimum atomic E-state index is -0.669. The van der Waals surface area contributed by atoms with Crippen molar-refractivity contribution in [1.82, 2.24) is 34.8 Å². The average molecular weight is 415 g/mol. The highest BCUT2D eigenvalue weighted by Gasteiger charge is 2.19. The van der Waals surface area contributed by atoms with E-state index in [0.29, 0.717) is 31.0 Å². The summed E-state index contributed by atoms with van der Waals surface area (Å²) in [5.74, 6) is 0.296. The lowest BCUT2D eigenvalue weighted by molar-refractivity contribution is 0.603. The Hall–Kier alpha value is -3.85. The summed E-state index contributed by atoms with van der Waals surface area (Å²) < 4.78 is 1.89. The second-order valence-electron chi connectivity index (χ2n) is 7.66. The van der Waals surface area contributed by atoms with Gasteiger partial charge in [0, 0.05) is 19.6 Å². The van der Waals surface area contributed by atoms with Gasteiger partial charge in [-0.2, -0.15) is 4.98 Å². The monoisotopic (exact) mass is 415 g/mol. The van der Waals surface area contributed by atoms with Crippen molar-refractivity contribution in [3.05, 3.63) is 74.2 Å². The molecule has 0 saturated carbocycles. The van der Waals surface area contributed by atoms with E-state index in [0.717, 1.165) is 33.2 Å². The summed E-state index contributed by atoms with van der Waals surface area (Å²) in [7, 11) is 0. The fourth-order valence-corrected chi connectivity index (χ4v) is 3.79. The maximum absolute atomic E-state index is 12.4. The molecule has 0 bridgehead atoms. The van der Waals surface area contributed by atoms with Crippen LogP contribution in [0.4, 0.5) is 0 Å². The summed E-state index contributed by atoms with van der Waals surface area (Å²) in [6, 6.07) is 10.1. The molecule has 3 aromatic rings. The molecular weight excluding hydrogens is 394 g/mol. The number of fused-ring (bicyclic) bond motifs is 3. The van der Waals surface area contributed by atoms with Gasteiger partial charge in [0.25, 0.3) is 5.56 Å². The van der Waals surface area contributed by atoms with E-state index in [-0.39, 0.29) is 5.69 Å². The Morgan fingerprint density at radius 3 is 2.74 bits per heavy atom. The maximum atomic E-state index is 12.4. The van der Waals surface area contributed by atoms with Crippen molar-refractivity contribution in [1.29, 1.82) is 0 Å². The number of imidazole rings is 1.